The maximum atomic E-state index is 7.88. The van der Waals surface area contributed by atoms with Crippen LogP contribution in [-0.4, -0.2) is 11.7 Å². The van der Waals surface area contributed by atoms with E-state index in [1.165, 1.54) is 0 Å². The molecule has 0 heterocycles. The molecule has 3 nitrogen and oxygen atoms in total. The third-order valence-corrected chi connectivity index (χ3v) is 0.224. The largest absolute Gasteiger partial charge is 0.396 e. The second-order valence-corrected chi connectivity index (χ2v) is 0.724. The Morgan fingerprint density at radius 3 is 1.67 bits per heavy atom. The van der Waals surface area contributed by atoms with Crippen molar-refractivity contribution < 1.29 is 5.11 Å². The van der Waals surface area contributed by atoms with Gasteiger partial charge in [0.1, 0.15) is 0 Å². The van der Waals surface area contributed by atoms with E-state index in [1.54, 1.807) is 0 Å². The fourth-order valence-corrected chi connectivity index (χ4v) is 0. The maximum Gasteiger partial charge on any atom is 0.0428 e. The Morgan fingerprint density at radius 2 is 1.67 bits per heavy atom. The molecule has 0 aromatic carbocycles. The van der Waals surface area contributed by atoms with E-state index in [-0.39, 0.29) is 0 Å². The molecule has 0 aliphatic heterocycles. The molecule has 1 N–H and O–H groups in total. The SMILES string of the molecule is CCCO.O=O. The Bertz CT molecular complexity index is 13.5. The molecule has 0 saturated heterocycles. The van der Waals surface area contributed by atoms with Gasteiger partial charge in [-0.1, -0.05) is 6.92 Å². The molecule has 6 heavy (non-hydrogen) atoms. The maximum absolute atomic E-state index is 7.88. The van der Waals surface area contributed by atoms with Gasteiger partial charge in [-0.3, -0.25) is 0 Å². The van der Waals surface area contributed by atoms with Crippen molar-refractivity contribution in [1.82, 2.24) is 0 Å². The number of hydrogen-bond donors (Lipinski definition) is 1. The van der Waals surface area contributed by atoms with Gasteiger partial charge in [-0.25, -0.2) is 0 Å². The van der Waals surface area contributed by atoms with Gasteiger partial charge in [0, 0.05) is 16.5 Å². The van der Waals surface area contributed by atoms with Gasteiger partial charge < -0.3 is 5.11 Å². The Balaban J connectivity index is 0. The lowest BCUT2D eigenvalue weighted by Gasteiger charge is -1.69. The number of aliphatic hydroxyl groups is 1. The molecule has 0 saturated carbocycles. The lowest BCUT2D eigenvalue weighted by molar-refractivity contribution is 0.295. The van der Waals surface area contributed by atoms with Crippen molar-refractivity contribution >= 4 is 0 Å². The summed E-state index contributed by atoms with van der Waals surface area (Å²) in [6, 6.07) is 0. The van der Waals surface area contributed by atoms with Crippen molar-refractivity contribution in [2.75, 3.05) is 6.61 Å². The average molecular weight is 92.1 g/mol. The van der Waals surface area contributed by atoms with Crippen LogP contribution in [0.2, 0.25) is 0 Å². The molecular formula is C3H8O3. The first-order valence-corrected chi connectivity index (χ1v) is 1.69. The van der Waals surface area contributed by atoms with Gasteiger partial charge in [0.25, 0.3) is 0 Å². The first-order valence-electron chi connectivity index (χ1n) is 1.69. The molecule has 38 valence electrons. The molecule has 0 aliphatic rings. The highest BCUT2D eigenvalue weighted by Crippen LogP contribution is 1.61. The fourth-order valence-electron chi connectivity index (χ4n) is 0. The van der Waals surface area contributed by atoms with E-state index in [2.05, 4.69) is 0 Å². The minimum atomic E-state index is 0.319. The summed E-state index contributed by atoms with van der Waals surface area (Å²) in [7, 11) is 0. The van der Waals surface area contributed by atoms with E-state index < -0.39 is 0 Å². The van der Waals surface area contributed by atoms with Gasteiger partial charge in [-0.05, 0) is 6.42 Å². The Morgan fingerprint density at radius 1 is 1.50 bits per heavy atom. The Kier molecular flexibility index (Phi) is 36.1. The van der Waals surface area contributed by atoms with E-state index in [4.69, 9.17) is 15.0 Å². The summed E-state index contributed by atoms with van der Waals surface area (Å²) >= 11 is 0. The topological polar surface area (TPSA) is 54.4 Å². The van der Waals surface area contributed by atoms with Crippen LogP contribution in [0.3, 0.4) is 0 Å². The van der Waals surface area contributed by atoms with Crippen LogP contribution in [0.5, 0.6) is 0 Å². The number of hydrogen-bond acceptors (Lipinski definition) is 3. The predicted molar refractivity (Wildman–Crippen MR) is 24.1 cm³/mol. The van der Waals surface area contributed by atoms with Crippen molar-refractivity contribution in [1.29, 1.82) is 0 Å². The van der Waals surface area contributed by atoms with E-state index in [9.17, 15) is 0 Å². The molecule has 0 fully saturated rings. The third-order valence-electron chi connectivity index (χ3n) is 0.224. The number of aliphatic hydroxyl groups excluding tert-OH is 1. The monoisotopic (exact) mass is 92.0 g/mol. The summed E-state index contributed by atoms with van der Waals surface area (Å²) in [6.45, 7) is 2.25. The van der Waals surface area contributed by atoms with Crippen molar-refractivity contribution in [3.05, 3.63) is 9.93 Å². The van der Waals surface area contributed by atoms with Gasteiger partial charge in [0.15, 0.2) is 0 Å². The zero-order valence-electron chi connectivity index (χ0n) is 3.68. The van der Waals surface area contributed by atoms with Crippen LogP contribution in [0, 0.1) is 9.93 Å². The van der Waals surface area contributed by atoms with Gasteiger partial charge in [0.05, 0.1) is 0 Å². The summed E-state index contributed by atoms with van der Waals surface area (Å²) in [5.74, 6) is 0. The van der Waals surface area contributed by atoms with E-state index in [0.717, 1.165) is 6.42 Å². The molecular weight excluding hydrogens is 84.0 g/mol. The first kappa shape index (κ1) is 9.12. The van der Waals surface area contributed by atoms with Crippen LogP contribution in [0.1, 0.15) is 13.3 Å². The molecule has 0 aromatic heterocycles. The van der Waals surface area contributed by atoms with E-state index in [0.29, 0.717) is 6.61 Å². The zero-order chi connectivity index (χ0) is 5.41. The Hall–Kier alpha value is -0.440. The summed E-state index contributed by atoms with van der Waals surface area (Å²) in [5.41, 5.74) is 0. The third kappa shape index (κ3) is 74.4. The molecule has 0 radical (unpaired) electrons. The smallest absolute Gasteiger partial charge is 0.0428 e. The molecule has 0 aromatic rings. The van der Waals surface area contributed by atoms with Crippen molar-refractivity contribution in [3.8, 4) is 0 Å². The second kappa shape index (κ2) is 23.7. The van der Waals surface area contributed by atoms with Gasteiger partial charge in [-0.2, -0.15) is 0 Å². The second-order valence-electron chi connectivity index (χ2n) is 0.724. The molecule has 3 heteroatoms. The van der Waals surface area contributed by atoms with Crippen molar-refractivity contribution in [3.63, 3.8) is 0 Å². The highest BCUT2D eigenvalue weighted by molar-refractivity contribution is 4.10. The van der Waals surface area contributed by atoms with E-state index in [1.807, 2.05) is 6.92 Å². The first-order chi connectivity index (χ1) is 2.91. The van der Waals surface area contributed by atoms with Crippen LogP contribution in [-0.2, 0) is 0 Å². The molecule has 0 unspecified atom stereocenters. The van der Waals surface area contributed by atoms with Gasteiger partial charge >= 0.3 is 0 Å². The average Bonchev–Trinajstić information content (AvgIpc) is 1.72. The summed E-state index contributed by atoms with van der Waals surface area (Å²) in [5, 5.41) is 7.88. The summed E-state index contributed by atoms with van der Waals surface area (Å²) in [4.78, 5) is 14.0. The highest BCUT2D eigenvalue weighted by atomic mass is 16.7. The van der Waals surface area contributed by atoms with Crippen LogP contribution < -0.4 is 0 Å². The normalized spacial score (nSPS) is 5.67. The highest BCUT2D eigenvalue weighted by Gasteiger charge is 1.57. The molecule has 0 rings (SSSR count). The molecule has 0 amide bonds. The van der Waals surface area contributed by atoms with Gasteiger partial charge in [0.2, 0.25) is 0 Å². The minimum absolute atomic E-state index is 0.319. The van der Waals surface area contributed by atoms with Crippen LogP contribution in [0.4, 0.5) is 0 Å². The van der Waals surface area contributed by atoms with Crippen molar-refractivity contribution in [2.45, 2.75) is 13.3 Å². The lowest BCUT2D eigenvalue weighted by atomic mass is 10.5. The standard InChI is InChI=1S/C3H8O.O2/c1-2-3-4;1-2/h4H,2-3H2,1H3;. The van der Waals surface area contributed by atoms with Crippen LogP contribution in [0.25, 0.3) is 0 Å². The van der Waals surface area contributed by atoms with Gasteiger partial charge in [-0.15, -0.1) is 0 Å². The minimum Gasteiger partial charge on any atom is -0.396 e. The molecule has 0 spiro atoms. The quantitative estimate of drug-likeness (QED) is 0.511. The van der Waals surface area contributed by atoms with Crippen LogP contribution >= 0.6 is 0 Å². The van der Waals surface area contributed by atoms with Crippen molar-refractivity contribution in [2.24, 2.45) is 0 Å². The fraction of sp³-hybridized carbons (Fsp3) is 1.00. The summed E-state index contributed by atoms with van der Waals surface area (Å²) < 4.78 is 0. The number of rotatable bonds is 1. The summed E-state index contributed by atoms with van der Waals surface area (Å²) in [6.07, 6.45) is 0.875. The van der Waals surface area contributed by atoms with Crippen LogP contribution in [0.15, 0.2) is 0 Å². The predicted octanol–water partition coefficient (Wildman–Crippen LogP) is 0.456. The molecule has 0 bridgehead atoms. The van der Waals surface area contributed by atoms with E-state index >= 15 is 0 Å². The Labute approximate surface area is 36.2 Å². The molecule has 0 atom stereocenters. The zero-order valence-corrected chi connectivity index (χ0v) is 3.68. The molecule has 0 aliphatic carbocycles. The lowest BCUT2D eigenvalue weighted by Crippen LogP contribution is -1.69.